The molecule has 0 atom stereocenters. The molecule has 12 heteroatoms. The maximum Gasteiger partial charge on any atom is 0.513 e. The van der Waals surface area contributed by atoms with Crippen LogP contribution in [0, 0.1) is 0 Å². The van der Waals surface area contributed by atoms with Crippen molar-refractivity contribution in [2.45, 2.75) is 12.8 Å². The third-order valence-corrected chi connectivity index (χ3v) is 4.52. The molecule has 0 unspecified atom stereocenters. The number of hydrogen-bond donors (Lipinski definition) is 0. The Kier molecular flexibility index (Phi) is 10.8. The molecule has 0 aliphatic carbocycles. The number of hydrogen-bond acceptors (Lipinski definition) is 12. The summed E-state index contributed by atoms with van der Waals surface area (Å²) >= 11 is 0. The molecule has 0 bridgehead atoms. The summed E-state index contributed by atoms with van der Waals surface area (Å²) in [5, 5.41) is 0. The Bertz CT molecular complexity index is 993. The van der Waals surface area contributed by atoms with Crippen molar-refractivity contribution < 1.29 is 57.1 Å². The van der Waals surface area contributed by atoms with Gasteiger partial charge < -0.3 is 37.9 Å². The summed E-state index contributed by atoms with van der Waals surface area (Å²) < 4.78 is 39.3. The Hall–Kier alpha value is -4.48. The van der Waals surface area contributed by atoms with Gasteiger partial charge in [0.05, 0.1) is 52.8 Å². The van der Waals surface area contributed by atoms with Crippen LogP contribution in [0.25, 0.3) is 0 Å². The molecule has 0 saturated carbocycles. The molecule has 0 aromatic heterocycles. The Morgan fingerprint density at radius 3 is 1.31 bits per heavy atom. The molecule has 36 heavy (non-hydrogen) atoms. The van der Waals surface area contributed by atoms with Gasteiger partial charge in [-0.25, -0.2) is 19.2 Å². The molecule has 2 aromatic carbocycles. The lowest BCUT2D eigenvalue weighted by atomic mass is 10.2. The van der Waals surface area contributed by atoms with Crippen molar-refractivity contribution in [3.8, 4) is 23.0 Å². The van der Waals surface area contributed by atoms with Crippen LogP contribution in [0.3, 0.4) is 0 Å². The minimum atomic E-state index is -0.923. The number of ether oxygens (including phenoxy) is 8. The Labute approximate surface area is 206 Å². The van der Waals surface area contributed by atoms with Crippen LogP contribution in [0.5, 0.6) is 23.0 Å². The van der Waals surface area contributed by atoms with Gasteiger partial charge in [0.25, 0.3) is 0 Å². The first kappa shape index (κ1) is 27.8. The van der Waals surface area contributed by atoms with Crippen LogP contribution in [0.4, 0.5) is 9.59 Å². The van der Waals surface area contributed by atoms with Crippen molar-refractivity contribution in [2.75, 3.05) is 41.7 Å². The van der Waals surface area contributed by atoms with Gasteiger partial charge in [0.2, 0.25) is 0 Å². The summed E-state index contributed by atoms with van der Waals surface area (Å²) in [6, 6.07) is 8.35. The highest BCUT2D eigenvalue weighted by Crippen LogP contribution is 2.29. The van der Waals surface area contributed by atoms with Crippen molar-refractivity contribution in [3.05, 3.63) is 47.5 Å². The molecular weight excluding hydrogens is 480 g/mol. The van der Waals surface area contributed by atoms with Gasteiger partial charge in [0.15, 0.2) is 23.0 Å². The van der Waals surface area contributed by atoms with Crippen molar-refractivity contribution in [3.63, 3.8) is 0 Å². The van der Waals surface area contributed by atoms with Crippen molar-refractivity contribution in [2.24, 2.45) is 0 Å². The molecule has 2 aromatic rings. The van der Waals surface area contributed by atoms with Crippen LogP contribution < -0.4 is 18.9 Å². The summed E-state index contributed by atoms with van der Waals surface area (Å²) in [6.45, 7) is 0.180. The number of carbonyl (C=O) groups excluding carboxylic acids is 4. The fourth-order valence-corrected chi connectivity index (χ4v) is 2.72. The van der Waals surface area contributed by atoms with E-state index in [-0.39, 0.29) is 47.3 Å². The highest BCUT2D eigenvalue weighted by Gasteiger charge is 2.16. The predicted molar refractivity (Wildman–Crippen MR) is 122 cm³/mol. The average Bonchev–Trinajstić information content (AvgIpc) is 2.90. The van der Waals surface area contributed by atoms with Crippen LogP contribution in [-0.4, -0.2) is 65.9 Å². The summed E-state index contributed by atoms with van der Waals surface area (Å²) in [4.78, 5) is 47.0. The second-order valence-corrected chi connectivity index (χ2v) is 6.82. The van der Waals surface area contributed by atoms with E-state index in [1.807, 2.05) is 0 Å². The van der Waals surface area contributed by atoms with Crippen LogP contribution in [0.1, 0.15) is 33.6 Å². The van der Waals surface area contributed by atoms with E-state index in [0.29, 0.717) is 12.8 Å². The average molecular weight is 506 g/mol. The number of unbranched alkanes of at least 4 members (excludes halogenated alkanes) is 1. The predicted octanol–water partition coefficient (Wildman–Crippen LogP) is 3.79. The first-order valence-electron chi connectivity index (χ1n) is 10.5. The van der Waals surface area contributed by atoms with E-state index in [4.69, 9.17) is 28.4 Å². The lowest BCUT2D eigenvalue weighted by Gasteiger charge is -2.11. The number of esters is 2. The molecular formula is C24H26O12. The van der Waals surface area contributed by atoms with Crippen LogP contribution in [0.2, 0.25) is 0 Å². The van der Waals surface area contributed by atoms with Crippen molar-refractivity contribution >= 4 is 24.2 Å². The second-order valence-electron chi connectivity index (χ2n) is 6.82. The summed E-state index contributed by atoms with van der Waals surface area (Å²) in [7, 11) is 5.05. The van der Waals surface area contributed by atoms with Gasteiger partial charge in [0, 0.05) is 0 Å². The van der Waals surface area contributed by atoms with Crippen LogP contribution in [-0.2, 0) is 18.9 Å². The number of carbonyl (C=O) groups is 4. The fourth-order valence-electron chi connectivity index (χ4n) is 2.72. The van der Waals surface area contributed by atoms with Gasteiger partial charge in [-0.05, 0) is 49.2 Å². The second kappa shape index (κ2) is 14.0. The lowest BCUT2D eigenvalue weighted by Crippen LogP contribution is -2.11. The smallest absolute Gasteiger partial charge is 0.493 e. The van der Waals surface area contributed by atoms with E-state index in [2.05, 4.69) is 9.47 Å². The third-order valence-electron chi connectivity index (χ3n) is 4.52. The van der Waals surface area contributed by atoms with E-state index in [1.165, 1.54) is 64.8 Å². The zero-order valence-electron chi connectivity index (χ0n) is 20.2. The minimum absolute atomic E-state index is 0.0889. The summed E-state index contributed by atoms with van der Waals surface area (Å²) in [6.07, 6.45) is -0.967. The number of methoxy groups -OCH3 is 4. The molecule has 0 amide bonds. The molecule has 0 spiro atoms. The van der Waals surface area contributed by atoms with Crippen molar-refractivity contribution in [1.29, 1.82) is 0 Å². The van der Waals surface area contributed by atoms with Crippen LogP contribution in [0.15, 0.2) is 36.4 Å². The zero-order valence-corrected chi connectivity index (χ0v) is 20.2. The molecule has 0 saturated heterocycles. The van der Waals surface area contributed by atoms with E-state index < -0.39 is 24.2 Å². The zero-order chi connectivity index (χ0) is 26.5. The lowest BCUT2D eigenvalue weighted by molar-refractivity contribution is 0.0432. The van der Waals surface area contributed by atoms with Crippen molar-refractivity contribution in [1.82, 2.24) is 0 Å². The third kappa shape index (κ3) is 8.08. The molecule has 0 heterocycles. The van der Waals surface area contributed by atoms with Gasteiger partial charge >= 0.3 is 24.2 Å². The van der Waals surface area contributed by atoms with E-state index in [1.54, 1.807) is 0 Å². The molecule has 12 nitrogen and oxygen atoms in total. The summed E-state index contributed by atoms with van der Waals surface area (Å²) in [5.41, 5.74) is 0.396. The maximum atomic E-state index is 12.3. The topological polar surface area (TPSA) is 142 Å². The molecule has 0 aliphatic rings. The maximum absolute atomic E-state index is 12.3. The number of benzene rings is 2. The van der Waals surface area contributed by atoms with Gasteiger partial charge in [-0.3, -0.25) is 0 Å². The highest BCUT2D eigenvalue weighted by atomic mass is 16.7. The first-order chi connectivity index (χ1) is 17.3. The van der Waals surface area contributed by atoms with E-state index >= 15 is 0 Å². The molecule has 0 fully saturated rings. The number of rotatable bonds is 11. The molecule has 0 radical (unpaired) electrons. The van der Waals surface area contributed by atoms with Gasteiger partial charge in [-0.15, -0.1) is 0 Å². The first-order valence-corrected chi connectivity index (χ1v) is 10.5. The highest BCUT2D eigenvalue weighted by molar-refractivity contribution is 5.91. The van der Waals surface area contributed by atoms with Gasteiger partial charge in [-0.1, -0.05) is 0 Å². The quantitative estimate of drug-likeness (QED) is 0.189. The largest absolute Gasteiger partial charge is 0.513 e. The van der Waals surface area contributed by atoms with E-state index in [9.17, 15) is 19.2 Å². The monoisotopic (exact) mass is 506 g/mol. The van der Waals surface area contributed by atoms with E-state index in [0.717, 1.165) is 0 Å². The SMILES string of the molecule is COC(=O)Oc1ccc(C(=O)OCCCCOC(=O)c2ccc(OC(=O)OC)c(OC)c2)cc1OC. The Morgan fingerprint density at radius 2 is 0.972 bits per heavy atom. The Balaban J connectivity index is 1.78. The normalized spacial score (nSPS) is 10.0. The summed E-state index contributed by atoms with van der Waals surface area (Å²) in [5.74, 6) is -0.712. The fraction of sp³-hybridized carbons (Fsp3) is 0.333. The molecule has 0 N–H and O–H groups in total. The minimum Gasteiger partial charge on any atom is -0.493 e. The van der Waals surface area contributed by atoms with Gasteiger partial charge in [0.1, 0.15) is 0 Å². The van der Waals surface area contributed by atoms with Crippen LogP contribution >= 0.6 is 0 Å². The standard InChI is InChI=1S/C24H26O12/c1-29-19-13-15(7-9-17(19)35-23(27)31-3)21(25)33-11-5-6-12-34-22(26)16-8-10-18(20(14-16)30-2)36-24(28)32-4/h7-10,13-14H,5-6,11-12H2,1-4H3. The van der Waals surface area contributed by atoms with Gasteiger partial charge in [-0.2, -0.15) is 0 Å². The molecule has 194 valence electrons. The molecule has 2 rings (SSSR count). The Morgan fingerprint density at radius 1 is 0.583 bits per heavy atom. The molecule has 0 aliphatic heterocycles.